The average Bonchev–Trinajstić information content (AvgIpc) is 2.56. The van der Waals surface area contributed by atoms with Crippen molar-refractivity contribution in [1.29, 1.82) is 0 Å². The summed E-state index contributed by atoms with van der Waals surface area (Å²) in [7, 11) is -3.48. The minimum Gasteiger partial charge on any atom is -0.375 e. The zero-order valence-corrected chi connectivity index (χ0v) is 14.5. The molecule has 0 amide bonds. The molecule has 1 N–H and O–H groups in total. The number of ether oxygens (including phenoxy) is 1. The third-order valence-electron chi connectivity index (χ3n) is 3.36. The molecule has 2 aromatic carbocycles. The van der Waals surface area contributed by atoms with Gasteiger partial charge in [0, 0.05) is 11.6 Å². The molecule has 0 aliphatic heterocycles. The molecule has 2 aromatic rings. The maximum Gasteiger partial charge on any atom is 0.240 e. The molecule has 2 rings (SSSR count). The van der Waals surface area contributed by atoms with Crippen LogP contribution in [-0.2, 0) is 27.8 Å². The highest BCUT2D eigenvalue weighted by Crippen LogP contribution is 2.11. The van der Waals surface area contributed by atoms with Gasteiger partial charge in [0.05, 0.1) is 18.1 Å². The molecule has 0 aliphatic carbocycles. The molecule has 4 nitrogen and oxygen atoms in total. The van der Waals surface area contributed by atoms with E-state index in [-0.39, 0.29) is 11.4 Å². The second-order valence-corrected chi connectivity index (χ2v) is 7.28. The monoisotopic (exact) mass is 353 g/mol. The number of hydrogen-bond donors (Lipinski definition) is 1. The summed E-state index contributed by atoms with van der Waals surface area (Å²) in [5.74, 6) is 0. The third kappa shape index (κ3) is 5.62. The van der Waals surface area contributed by atoms with Crippen LogP contribution in [0.3, 0.4) is 0 Å². The van der Waals surface area contributed by atoms with E-state index in [0.717, 1.165) is 17.5 Å². The van der Waals surface area contributed by atoms with Crippen LogP contribution in [0, 0.1) is 0 Å². The molecular weight excluding hydrogens is 334 g/mol. The molecule has 0 aliphatic rings. The number of hydrogen-bond acceptors (Lipinski definition) is 3. The molecule has 6 heteroatoms. The number of nitrogens with one attached hydrogen (secondary N) is 1. The Morgan fingerprint density at radius 1 is 1.00 bits per heavy atom. The second kappa shape index (κ2) is 8.45. The van der Waals surface area contributed by atoms with Gasteiger partial charge in [-0.25, -0.2) is 13.1 Å². The van der Waals surface area contributed by atoms with Crippen molar-refractivity contribution >= 4 is 21.6 Å². The molecule has 0 radical (unpaired) electrons. The molecule has 0 unspecified atom stereocenters. The number of benzene rings is 2. The molecule has 0 spiro atoms. The summed E-state index contributed by atoms with van der Waals surface area (Å²) in [6.07, 6.45) is 0.881. The van der Waals surface area contributed by atoms with E-state index in [4.69, 9.17) is 16.3 Å². The first-order valence-electron chi connectivity index (χ1n) is 7.42. The first-order valence-corrected chi connectivity index (χ1v) is 9.28. The Kier molecular flexibility index (Phi) is 6.59. The summed E-state index contributed by atoms with van der Waals surface area (Å²) in [6, 6.07) is 14.2. The zero-order chi connectivity index (χ0) is 16.7. The molecule has 124 valence electrons. The van der Waals surface area contributed by atoms with Gasteiger partial charge in [0.1, 0.15) is 0 Å². The number of halogens is 1. The van der Waals surface area contributed by atoms with Gasteiger partial charge in [-0.05, 0) is 41.8 Å². The molecule has 0 saturated carbocycles. The first kappa shape index (κ1) is 17.9. The van der Waals surface area contributed by atoms with Gasteiger partial charge in [-0.1, -0.05) is 42.8 Å². The fraction of sp³-hybridized carbons (Fsp3) is 0.294. The highest BCUT2D eigenvalue weighted by molar-refractivity contribution is 7.89. The fourth-order valence-electron chi connectivity index (χ4n) is 2.01. The topological polar surface area (TPSA) is 55.4 Å². The molecular formula is C17H20ClNO3S. The Hall–Kier alpha value is -1.40. The number of sulfonamides is 1. The normalized spacial score (nSPS) is 11.6. The summed E-state index contributed by atoms with van der Waals surface area (Å²) in [6.45, 7) is 2.98. The van der Waals surface area contributed by atoms with Crippen LogP contribution in [0.1, 0.15) is 18.1 Å². The Morgan fingerprint density at radius 2 is 1.61 bits per heavy atom. The molecule has 0 aromatic heterocycles. The van der Waals surface area contributed by atoms with Crippen LogP contribution < -0.4 is 4.72 Å². The van der Waals surface area contributed by atoms with Crippen molar-refractivity contribution in [3.63, 3.8) is 0 Å². The average molecular weight is 354 g/mol. The lowest BCUT2D eigenvalue weighted by atomic mass is 10.2. The highest BCUT2D eigenvalue weighted by Gasteiger charge is 2.12. The van der Waals surface area contributed by atoms with Crippen molar-refractivity contribution in [2.45, 2.75) is 24.8 Å². The Morgan fingerprint density at radius 3 is 2.22 bits per heavy atom. The van der Waals surface area contributed by atoms with Crippen molar-refractivity contribution in [1.82, 2.24) is 4.72 Å². The van der Waals surface area contributed by atoms with E-state index in [0.29, 0.717) is 18.2 Å². The smallest absolute Gasteiger partial charge is 0.240 e. The van der Waals surface area contributed by atoms with Crippen LogP contribution in [0.25, 0.3) is 0 Å². The van der Waals surface area contributed by atoms with Gasteiger partial charge < -0.3 is 4.74 Å². The van der Waals surface area contributed by atoms with Crippen LogP contribution in [0.2, 0.25) is 5.02 Å². The summed E-state index contributed by atoms with van der Waals surface area (Å²) >= 11 is 5.81. The molecule has 0 bridgehead atoms. The minimum atomic E-state index is -3.48. The second-order valence-electron chi connectivity index (χ2n) is 5.07. The maximum atomic E-state index is 12.1. The van der Waals surface area contributed by atoms with Crippen molar-refractivity contribution in [2.75, 3.05) is 13.2 Å². The fourth-order valence-corrected chi connectivity index (χ4v) is 3.15. The number of rotatable bonds is 8. The predicted molar refractivity (Wildman–Crippen MR) is 92.1 cm³/mol. The molecule has 23 heavy (non-hydrogen) atoms. The summed E-state index contributed by atoms with van der Waals surface area (Å²) < 4.78 is 32.2. The van der Waals surface area contributed by atoms with E-state index in [1.165, 1.54) is 0 Å². The molecule has 0 fully saturated rings. The van der Waals surface area contributed by atoms with Gasteiger partial charge in [0.15, 0.2) is 0 Å². The highest BCUT2D eigenvalue weighted by atomic mass is 35.5. The van der Waals surface area contributed by atoms with Gasteiger partial charge in [-0.2, -0.15) is 0 Å². The summed E-state index contributed by atoms with van der Waals surface area (Å²) in [5, 5.41) is 0.676. The standard InChI is InChI=1S/C17H20ClNO3S/c1-2-14-5-9-17(10-6-14)23(20,21)19-11-12-22-13-15-3-7-16(18)8-4-15/h3-10,19H,2,11-13H2,1H3. The minimum absolute atomic E-state index is 0.228. The van der Waals surface area contributed by atoms with Crippen LogP contribution in [0.15, 0.2) is 53.4 Å². The third-order valence-corrected chi connectivity index (χ3v) is 5.09. The van der Waals surface area contributed by atoms with Crippen molar-refractivity contribution < 1.29 is 13.2 Å². The largest absolute Gasteiger partial charge is 0.375 e. The van der Waals surface area contributed by atoms with Crippen LogP contribution in [0.5, 0.6) is 0 Å². The van der Waals surface area contributed by atoms with E-state index >= 15 is 0 Å². The van der Waals surface area contributed by atoms with Crippen molar-refractivity contribution in [2.24, 2.45) is 0 Å². The summed E-state index contributed by atoms with van der Waals surface area (Å²) in [5.41, 5.74) is 2.10. The van der Waals surface area contributed by atoms with Crippen molar-refractivity contribution in [3.8, 4) is 0 Å². The van der Waals surface area contributed by atoms with E-state index < -0.39 is 10.0 Å². The number of aryl methyl sites for hydroxylation is 1. The SMILES string of the molecule is CCc1ccc(S(=O)(=O)NCCOCc2ccc(Cl)cc2)cc1. The first-order chi connectivity index (χ1) is 11.0. The van der Waals surface area contributed by atoms with Crippen molar-refractivity contribution in [3.05, 3.63) is 64.7 Å². The van der Waals surface area contributed by atoms with Crippen LogP contribution >= 0.6 is 11.6 Å². The van der Waals surface area contributed by atoms with Crippen LogP contribution in [0.4, 0.5) is 0 Å². The molecule has 0 saturated heterocycles. The van der Waals surface area contributed by atoms with E-state index in [9.17, 15) is 8.42 Å². The lowest BCUT2D eigenvalue weighted by molar-refractivity contribution is 0.126. The maximum absolute atomic E-state index is 12.1. The quantitative estimate of drug-likeness (QED) is 0.740. The van der Waals surface area contributed by atoms with E-state index in [1.807, 2.05) is 31.2 Å². The van der Waals surface area contributed by atoms with Gasteiger partial charge in [-0.3, -0.25) is 0 Å². The zero-order valence-electron chi connectivity index (χ0n) is 13.0. The van der Waals surface area contributed by atoms with E-state index in [1.54, 1.807) is 24.3 Å². The predicted octanol–water partition coefficient (Wildman–Crippen LogP) is 3.40. The molecule has 0 atom stereocenters. The van der Waals surface area contributed by atoms with Gasteiger partial charge in [-0.15, -0.1) is 0 Å². The van der Waals surface area contributed by atoms with E-state index in [2.05, 4.69) is 4.72 Å². The van der Waals surface area contributed by atoms with Gasteiger partial charge in [0.2, 0.25) is 10.0 Å². The Bertz CT molecular complexity index is 713. The van der Waals surface area contributed by atoms with Gasteiger partial charge in [0.25, 0.3) is 0 Å². The lowest BCUT2D eigenvalue weighted by Gasteiger charge is -2.08. The summed E-state index contributed by atoms with van der Waals surface area (Å²) in [4.78, 5) is 0.271. The Balaban J connectivity index is 1.77. The molecule has 0 heterocycles. The lowest BCUT2D eigenvalue weighted by Crippen LogP contribution is -2.27. The Labute approximate surface area is 142 Å². The van der Waals surface area contributed by atoms with Gasteiger partial charge >= 0.3 is 0 Å². The van der Waals surface area contributed by atoms with Crippen LogP contribution in [-0.4, -0.2) is 21.6 Å².